The summed E-state index contributed by atoms with van der Waals surface area (Å²) >= 11 is 1.74. The molecular weight excluding hydrogens is 270 g/mol. The quantitative estimate of drug-likeness (QED) is 0.440. The van der Waals surface area contributed by atoms with Crippen LogP contribution >= 0.6 is 11.3 Å². The summed E-state index contributed by atoms with van der Waals surface area (Å²) in [6, 6.07) is 2.17. The Morgan fingerprint density at radius 3 is 2.75 bits per heavy atom. The van der Waals surface area contributed by atoms with E-state index < -0.39 is 0 Å². The molecule has 2 N–H and O–H groups in total. The molecule has 0 saturated heterocycles. The van der Waals surface area contributed by atoms with Gasteiger partial charge in [-0.15, -0.1) is 0 Å². The smallest absolute Gasteiger partial charge is 0.191 e. The standard InChI is InChI=1S/C15H27N3OS/c1-12(2)10-19-7-6-17-15(16-4)18-9-13(3)14-5-8-20-11-14/h5,8,11-13H,6-7,9-10H2,1-4H3,(H2,16,17,18). The third kappa shape index (κ3) is 6.91. The molecule has 1 atom stereocenters. The molecule has 0 aromatic carbocycles. The highest BCUT2D eigenvalue weighted by molar-refractivity contribution is 7.07. The van der Waals surface area contributed by atoms with Gasteiger partial charge in [0.05, 0.1) is 6.61 Å². The molecule has 0 fully saturated rings. The van der Waals surface area contributed by atoms with Crippen molar-refractivity contribution in [1.82, 2.24) is 10.6 Å². The molecule has 0 bridgehead atoms. The minimum atomic E-state index is 0.483. The van der Waals surface area contributed by atoms with E-state index in [0.717, 1.165) is 25.7 Å². The van der Waals surface area contributed by atoms with E-state index in [4.69, 9.17) is 4.74 Å². The Balaban J connectivity index is 2.17. The van der Waals surface area contributed by atoms with Crippen LogP contribution < -0.4 is 10.6 Å². The Morgan fingerprint density at radius 2 is 2.15 bits per heavy atom. The van der Waals surface area contributed by atoms with Gasteiger partial charge in [0.25, 0.3) is 0 Å². The first-order valence-corrected chi connectivity index (χ1v) is 8.12. The lowest BCUT2D eigenvalue weighted by Gasteiger charge is -2.15. The van der Waals surface area contributed by atoms with Crippen molar-refractivity contribution in [3.63, 3.8) is 0 Å². The van der Waals surface area contributed by atoms with Crippen molar-refractivity contribution in [1.29, 1.82) is 0 Å². The van der Waals surface area contributed by atoms with E-state index in [1.165, 1.54) is 5.56 Å². The maximum atomic E-state index is 5.53. The number of hydrogen-bond donors (Lipinski definition) is 2. The molecule has 1 aromatic heterocycles. The van der Waals surface area contributed by atoms with Crippen LogP contribution in [0.1, 0.15) is 32.3 Å². The molecule has 1 aromatic rings. The van der Waals surface area contributed by atoms with Gasteiger partial charge in [0.1, 0.15) is 0 Å². The predicted octanol–water partition coefficient (Wildman–Crippen LogP) is 2.69. The summed E-state index contributed by atoms with van der Waals surface area (Å²) in [5.74, 6) is 1.90. The summed E-state index contributed by atoms with van der Waals surface area (Å²) in [6.07, 6.45) is 0. The molecule has 0 saturated carbocycles. The zero-order valence-corrected chi connectivity index (χ0v) is 13.8. The van der Waals surface area contributed by atoms with E-state index in [0.29, 0.717) is 18.4 Å². The molecule has 1 unspecified atom stereocenters. The molecule has 0 amide bonds. The Bertz CT molecular complexity index is 376. The maximum Gasteiger partial charge on any atom is 0.191 e. The fourth-order valence-electron chi connectivity index (χ4n) is 1.70. The average molecular weight is 297 g/mol. The van der Waals surface area contributed by atoms with Crippen molar-refractivity contribution in [3.8, 4) is 0 Å². The maximum absolute atomic E-state index is 5.53. The van der Waals surface area contributed by atoms with Crippen molar-refractivity contribution >= 4 is 17.3 Å². The number of ether oxygens (including phenoxy) is 1. The highest BCUT2D eigenvalue weighted by Crippen LogP contribution is 2.16. The second-order valence-electron chi connectivity index (χ2n) is 5.31. The second kappa shape index (κ2) is 9.77. The van der Waals surface area contributed by atoms with Gasteiger partial charge in [0.2, 0.25) is 0 Å². The van der Waals surface area contributed by atoms with Gasteiger partial charge in [0, 0.05) is 26.7 Å². The summed E-state index contributed by atoms with van der Waals surface area (Å²) in [6.45, 7) is 9.69. The van der Waals surface area contributed by atoms with E-state index in [1.807, 2.05) is 0 Å². The monoisotopic (exact) mass is 297 g/mol. The number of guanidine groups is 1. The number of nitrogens with one attached hydrogen (secondary N) is 2. The highest BCUT2D eigenvalue weighted by Gasteiger charge is 2.06. The second-order valence-corrected chi connectivity index (χ2v) is 6.09. The lowest BCUT2D eigenvalue weighted by molar-refractivity contribution is 0.114. The van der Waals surface area contributed by atoms with Crippen molar-refractivity contribution in [3.05, 3.63) is 22.4 Å². The first-order chi connectivity index (χ1) is 9.63. The van der Waals surface area contributed by atoms with Crippen LogP contribution in [0.15, 0.2) is 21.8 Å². The molecule has 0 spiro atoms. The van der Waals surface area contributed by atoms with Crippen LogP contribution in [0.3, 0.4) is 0 Å². The van der Waals surface area contributed by atoms with Crippen LogP contribution in [-0.2, 0) is 4.74 Å². The van der Waals surface area contributed by atoms with Gasteiger partial charge in [-0.2, -0.15) is 11.3 Å². The van der Waals surface area contributed by atoms with Gasteiger partial charge in [-0.05, 0) is 34.2 Å². The number of nitrogens with zero attached hydrogens (tertiary/aromatic N) is 1. The third-order valence-electron chi connectivity index (χ3n) is 2.90. The molecular formula is C15H27N3OS. The fraction of sp³-hybridized carbons (Fsp3) is 0.667. The van der Waals surface area contributed by atoms with Crippen molar-refractivity contribution in [2.75, 3.05) is 33.4 Å². The van der Waals surface area contributed by atoms with Gasteiger partial charge >= 0.3 is 0 Å². The van der Waals surface area contributed by atoms with Crippen LogP contribution in [0.4, 0.5) is 0 Å². The summed E-state index contributed by atoms with van der Waals surface area (Å²) in [4.78, 5) is 4.22. The number of thiophene rings is 1. The molecule has 4 nitrogen and oxygen atoms in total. The first-order valence-electron chi connectivity index (χ1n) is 7.17. The predicted molar refractivity (Wildman–Crippen MR) is 87.8 cm³/mol. The molecule has 0 radical (unpaired) electrons. The Kier molecular flexibility index (Phi) is 8.30. The van der Waals surface area contributed by atoms with E-state index in [-0.39, 0.29) is 0 Å². The van der Waals surface area contributed by atoms with Crippen LogP contribution in [0.2, 0.25) is 0 Å². The Morgan fingerprint density at radius 1 is 1.35 bits per heavy atom. The van der Waals surface area contributed by atoms with Gasteiger partial charge in [-0.1, -0.05) is 20.8 Å². The van der Waals surface area contributed by atoms with Crippen LogP contribution in [0.5, 0.6) is 0 Å². The van der Waals surface area contributed by atoms with E-state index in [9.17, 15) is 0 Å². The SMILES string of the molecule is CN=C(NCCOCC(C)C)NCC(C)c1ccsc1. The number of hydrogen-bond acceptors (Lipinski definition) is 3. The molecule has 0 aliphatic carbocycles. The highest BCUT2D eigenvalue weighted by atomic mass is 32.1. The molecule has 1 rings (SSSR count). The molecule has 0 aliphatic heterocycles. The zero-order chi connectivity index (χ0) is 14.8. The van der Waals surface area contributed by atoms with Crippen molar-refractivity contribution in [2.45, 2.75) is 26.7 Å². The summed E-state index contributed by atoms with van der Waals surface area (Å²) in [5.41, 5.74) is 1.37. The Labute approximate surface area is 126 Å². The van der Waals surface area contributed by atoms with Crippen molar-refractivity contribution in [2.24, 2.45) is 10.9 Å². The fourth-order valence-corrected chi connectivity index (χ4v) is 2.49. The lowest BCUT2D eigenvalue weighted by Crippen LogP contribution is -2.40. The molecule has 5 heteroatoms. The van der Waals surface area contributed by atoms with E-state index in [2.05, 4.69) is 53.2 Å². The van der Waals surface area contributed by atoms with Crippen molar-refractivity contribution < 1.29 is 4.74 Å². The minimum Gasteiger partial charge on any atom is -0.379 e. The normalized spacial score (nSPS) is 13.6. The van der Waals surface area contributed by atoms with E-state index >= 15 is 0 Å². The van der Waals surface area contributed by atoms with Gasteiger partial charge < -0.3 is 15.4 Å². The summed E-state index contributed by atoms with van der Waals surface area (Å²) in [7, 11) is 1.79. The van der Waals surface area contributed by atoms with Gasteiger partial charge in [0.15, 0.2) is 5.96 Å². The molecule has 20 heavy (non-hydrogen) atoms. The lowest BCUT2D eigenvalue weighted by atomic mass is 10.1. The molecule has 0 aliphatic rings. The molecule has 1 heterocycles. The largest absolute Gasteiger partial charge is 0.379 e. The van der Waals surface area contributed by atoms with Gasteiger partial charge in [-0.3, -0.25) is 4.99 Å². The van der Waals surface area contributed by atoms with Crippen LogP contribution in [-0.4, -0.2) is 39.3 Å². The number of rotatable bonds is 8. The Hall–Kier alpha value is -1.07. The summed E-state index contributed by atoms with van der Waals surface area (Å²) < 4.78 is 5.53. The van der Waals surface area contributed by atoms with Gasteiger partial charge in [-0.25, -0.2) is 0 Å². The zero-order valence-electron chi connectivity index (χ0n) is 13.0. The van der Waals surface area contributed by atoms with Crippen LogP contribution in [0, 0.1) is 5.92 Å². The summed E-state index contributed by atoms with van der Waals surface area (Å²) in [5, 5.41) is 10.9. The number of aliphatic imine (C=N–C) groups is 1. The minimum absolute atomic E-state index is 0.483. The third-order valence-corrected chi connectivity index (χ3v) is 3.60. The first kappa shape index (κ1) is 17.0. The average Bonchev–Trinajstić information content (AvgIpc) is 2.95. The van der Waals surface area contributed by atoms with Crippen LogP contribution in [0.25, 0.3) is 0 Å². The van der Waals surface area contributed by atoms with E-state index in [1.54, 1.807) is 18.4 Å². The molecule has 114 valence electrons. The topological polar surface area (TPSA) is 45.7 Å².